The van der Waals surface area contributed by atoms with E-state index in [-0.39, 0.29) is 0 Å². The van der Waals surface area contributed by atoms with Gasteiger partial charge in [-0.05, 0) is 40.8 Å². The number of carboxylic acid groups (broad SMARTS) is 1. The van der Waals surface area contributed by atoms with E-state index in [0.29, 0.717) is 6.42 Å². The van der Waals surface area contributed by atoms with Crippen molar-refractivity contribution in [3.05, 3.63) is 16.1 Å². The Labute approximate surface area is 106 Å². The molecule has 1 heterocycles. The maximum atomic E-state index is 11.0. The lowest BCUT2D eigenvalue weighted by Crippen LogP contribution is -2.30. The molecule has 0 saturated heterocycles. The van der Waals surface area contributed by atoms with Crippen LogP contribution in [0.4, 0.5) is 0 Å². The second-order valence-electron chi connectivity index (χ2n) is 5.03. The van der Waals surface area contributed by atoms with Crippen molar-refractivity contribution in [1.82, 2.24) is 9.88 Å². The van der Waals surface area contributed by atoms with Gasteiger partial charge in [0.2, 0.25) is 0 Å². The van der Waals surface area contributed by atoms with Gasteiger partial charge in [-0.1, -0.05) is 0 Å². The normalized spacial score (nSPS) is 12.1. The molecule has 96 valence electrons. The summed E-state index contributed by atoms with van der Waals surface area (Å²) in [7, 11) is 1.99. The Bertz CT molecular complexity index is 388. The molecule has 1 aromatic heterocycles. The van der Waals surface area contributed by atoms with E-state index in [1.807, 2.05) is 19.4 Å². The first-order chi connectivity index (χ1) is 7.81. The molecule has 0 fully saturated rings. The van der Waals surface area contributed by atoms with Gasteiger partial charge in [-0.15, -0.1) is 11.3 Å². The summed E-state index contributed by atoms with van der Waals surface area (Å²) < 4.78 is 0. The monoisotopic (exact) mass is 256 g/mol. The van der Waals surface area contributed by atoms with Crippen molar-refractivity contribution in [2.24, 2.45) is 5.41 Å². The van der Waals surface area contributed by atoms with E-state index in [9.17, 15) is 4.79 Å². The van der Waals surface area contributed by atoms with E-state index in [1.165, 1.54) is 0 Å². The van der Waals surface area contributed by atoms with Gasteiger partial charge in [0.1, 0.15) is 0 Å². The predicted molar refractivity (Wildman–Crippen MR) is 69.2 cm³/mol. The van der Waals surface area contributed by atoms with Gasteiger partial charge in [-0.25, -0.2) is 4.98 Å². The number of aryl methyl sites for hydroxylation is 1. The van der Waals surface area contributed by atoms with E-state index in [2.05, 4.69) is 9.88 Å². The first-order valence-electron chi connectivity index (χ1n) is 5.64. The fraction of sp³-hybridized carbons (Fsp3) is 0.667. The smallest absolute Gasteiger partial charge is 0.309 e. The largest absolute Gasteiger partial charge is 0.481 e. The number of hydrogen-bond donors (Lipinski definition) is 1. The van der Waals surface area contributed by atoms with Crippen LogP contribution in [0, 0.1) is 12.3 Å². The fourth-order valence-corrected chi connectivity index (χ4v) is 2.02. The van der Waals surface area contributed by atoms with Crippen LogP contribution < -0.4 is 0 Å². The summed E-state index contributed by atoms with van der Waals surface area (Å²) in [6.45, 7) is 7.05. The summed E-state index contributed by atoms with van der Waals surface area (Å²) in [5.74, 6) is -0.740. The average molecular weight is 256 g/mol. The van der Waals surface area contributed by atoms with Crippen LogP contribution in [0.25, 0.3) is 0 Å². The molecule has 1 rings (SSSR count). The summed E-state index contributed by atoms with van der Waals surface area (Å²) >= 11 is 1.64. The number of thiazole rings is 1. The number of aromatic nitrogens is 1. The highest BCUT2D eigenvalue weighted by molar-refractivity contribution is 7.09. The van der Waals surface area contributed by atoms with Gasteiger partial charge >= 0.3 is 5.97 Å². The summed E-state index contributed by atoms with van der Waals surface area (Å²) in [4.78, 5) is 17.5. The van der Waals surface area contributed by atoms with Gasteiger partial charge in [0.15, 0.2) is 0 Å². The first-order valence-corrected chi connectivity index (χ1v) is 6.52. The number of nitrogens with zero attached hydrogens (tertiary/aromatic N) is 2. The fourth-order valence-electron chi connectivity index (χ4n) is 1.41. The standard InChI is InChI=1S/C12H20N2O2S/c1-9-13-10(8-17-9)7-14(4)6-5-12(2,3)11(15)16/h8H,5-7H2,1-4H3,(H,15,16). The molecule has 0 unspecified atom stereocenters. The Morgan fingerprint density at radius 3 is 2.71 bits per heavy atom. The molecule has 0 spiro atoms. The second kappa shape index (κ2) is 5.60. The van der Waals surface area contributed by atoms with Gasteiger partial charge in [-0.2, -0.15) is 0 Å². The van der Waals surface area contributed by atoms with E-state index in [0.717, 1.165) is 23.8 Å². The molecule has 1 aromatic rings. The molecule has 17 heavy (non-hydrogen) atoms. The van der Waals surface area contributed by atoms with Gasteiger partial charge in [0.05, 0.1) is 16.1 Å². The molecule has 0 atom stereocenters. The predicted octanol–water partition coefficient (Wildman–Crippen LogP) is 2.38. The van der Waals surface area contributed by atoms with Crippen LogP contribution >= 0.6 is 11.3 Å². The lowest BCUT2D eigenvalue weighted by atomic mass is 9.89. The summed E-state index contributed by atoms with van der Waals surface area (Å²) in [5.41, 5.74) is 0.398. The Kier molecular flexibility index (Phi) is 4.65. The lowest BCUT2D eigenvalue weighted by molar-refractivity contribution is -0.147. The third-order valence-corrected chi connectivity index (χ3v) is 3.62. The second-order valence-corrected chi connectivity index (χ2v) is 6.10. The SMILES string of the molecule is Cc1nc(CN(C)CCC(C)(C)C(=O)O)cs1. The number of aliphatic carboxylic acids is 1. The third-order valence-electron chi connectivity index (χ3n) is 2.80. The molecule has 0 amide bonds. The molecule has 0 aliphatic carbocycles. The topological polar surface area (TPSA) is 53.4 Å². The Balaban J connectivity index is 2.40. The highest BCUT2D eigenvalue weighted by Crippen LogP contribution is 2.21. The molecular formula is C12H20N2O2S. The minimum atomic E-state index is -0.740. The number of carbonyl (C=O) groups is 1. The van der Waals surface area contributed by atoms with Crippen molar-refractivity contribution >= 4 is 17.3 Å². The molecular weight excluding hydrogens is 236 g/mol. The number of carboxylic acids is 1. The maximum Gasteiger partial charge on any atom is 0.309 e. The van der Waals surface area contributed by atoms with Crippen LogP contribution in [0.2, 0.25) is 0 Å². The van der Waals surface area contributed by atoms with E-state index >= 15 is 0 Å². The molecule has 0 aromatic carbocycles. The van der Waals surface area contributed by atoms with E-state index < -0.39 is 11.4 Å². The molecule has 1 N–H and O–H groups in total. The van der Waals surface area contributed by atoms with Crippen molar-refractivity contribution < 1.29 is 9.90 Å². The lowest BCUT2D eigenvalue weighted by Gasteiger charge is -2.23. The quantitative estimate of drug-likeness (QED) is 0.849. The number of hydrogen-bond acceptors (Lipinski definition) is 4. The van der Waals surface area contributed by atoms with Gasteiger partial charge in [0.25, 0.3) is 0 Å². The van der Waals surface area contributed by atoms with Crippen molar-refractivity contribution in [2.45, 2.75) is 33.7 Å². The Morgan fingerprint density at radius 1 is 1.59 bits per heavy atom. The van der Waals surface area contributed by atoms with Gasteiger partial charge < -0.3 is 10.0 Å². The van der Waals surface area contributed by atoms with Crippen molar-refractivity contribution in [3.8, 4) is 0 Å². The van der Waals surface area contributed by atoms with Crippen molar-refractivity contribution in [2.75, 3.05) is 13.6 Å². The zero-order chi connectivity index (χ0) is 13.1. The summed E-state index contributed by atoms with van der Waals surface area (Å²) in [6.07, 6.45) is 0.641. The zero-order valence-corrected chi connectivity index (χ0v) is 11.7. The maximum absolute atomic E-state index is 11.0. The molecule has 0 aliphatic rings. The van der Waals surface area contributed by atoms with E-state index in [1.54, 1.807) is 25.2 Å². The number of rotatable bonds is 6. The van der Waals surface area contributed by atoms with Crippen LogP contribution in [0.15, 0.2) is 5.38 Å². The van der Waals surface area contributed by atoms with Crippen LogP contribution in [-0.2, 0) is 11.3 Å². The van der Waals surface area contributed by atoms with Crippen molar-refractivity contribution in [1.29, 1.82) is 0 Å². The van der Waals surface area contributed by atoms with Crippen LogP contribution in [-0.4, -0.2) is 34.6 Å². The Morgan fingerprint density at radius 2 is 2.24 bits per heavy atom. The summed E-state index contributed by atoms with van der Waals surface area (Å²) in [5, 5.41) is 12.1. The minimum absolute atomic E-state index is 0.641. The van der Waals surface area contributed by atoms with Crippen LogP contribution in [0.5, 0.6) is 0 Å². The molecule has 4 nitrogen and oxygen atoms in total. The molecule has 0 radical (unpaired) electrons. The van der Waals surface area contributed by atoms with Crippen molar-refractivity contribution in [3.63, 3.8) is 0 Å². The van der Waals surface area contributed by atoms with Crippen LogP contribution in [0.1, 0.15) is 31.0 Å². The van der Waals surface area contributed by atoms with Crippen LogP contribution in [0.3, 0.4) is 0 Å². The first kappa shape index (κ1) is 14.1. The average Bonchev–Trinajstić information content (AvgIpc) is 2.61. The molecule has 0 bridgehead atoms. The molecule has 0 saturated carbocycles. The molecule has 5 heteroatoms. The third kappa shape index (κ3) is 4.44. The van der Waals surface area contributed by atoms with E-state index in [4.69, 9.17) is 5.11 Å². The van der Waals surface area contributed by atoms with Gasteiger partial charge in [0, 0.05) is 11.9 Å². The highest BCUT2D eigenvalue weighted by Gasteiger charge is 2.26. The Hall–Kier alpha value is -0.940. The molecule has 0 aliphatic heterocycles. The van der Waals surface area contributed by atoms with Gasteiger partial charge in [-0.3, -0.25) is 4.79 Å². The zero-order valence-electron chi connectivity index (χ0n) is 10.9. The minimum Gasteiger partial charge on any atom is -0.481 e. The highest BCUT2D eigenvalue weighted by atomic mass is 32.1. The summed E-state index contributed by atoms with van der Waals surface area (Å²) in [6, 6.07) is 0.